The van der Waals surface area contributed by atoms with Crippen molar-refractivity contribution in [3.63, 3.8) is 0 Å². The number of ether oxygens (including phenoxy) is 1. The third kappa shape index (κ3) is 5.47. The summed E-state index contributed by atoms with van der Waals surface area (Å²) in [5.74, 6) is 0.644. The van der Waals surface area contributed by atoms with Crippen molar-refractivity contribution in [2.24, 2.45) is 0 Å². The van der Waals surface area contributed by atoms with Crippen LogP contribution in [0.4, 0.5) is 5.69 Å². The topological polar surface area (TPSA) is 44.8 Å². The normalized spacial score (nSPS) is 14.9. The van der Waals surface area contributed by atoms with Gasteiger partial charge in [-0.25, -0.2) is 0 Å². The molecular weight excluding hydrogens is 338 g/mol. The molecule has 2 aromatic carbocycles. The second-order valence-corrected chi connectivity index (χ2v) is 7.29. The number of hydrogen-bond donors (Lipinski definition) is 1. The van der Waals surface area contributed by atoms with E-state index in [2.05, 4.69) is 52.5 Å². The Kier molecular flexibility index (Phi) is 6.35. The van der Waals surface area contributed by atoms with E-state index in [1.165, 1.54) is 11.3 Å². The minimum atomic E-state index is -0.113. The molecule has 0 bridgehead atoms. The average molecular weight is 367 g/mol. The molecule has 1 aliphatic rings. The summed E-state index contributed by atoms with van der Waals surface area (Å²) >= 11 is 0. The van der Waals surface area contributed by atoms with E-state index in [4.69, 9.17) is 4.74 Å². The summed E-state index contributed by atoms with van der Waals surface area (Å²) in [5.41, 5.74) is 4.57. The maximum absolute atomic E-state index is 12.1. The van der Waals surface area contributed by atoms with Crippen molar-refractivity contribution in [1.29, 1.82) is 0 Å². The minimum absolute atomic E-state index is 0.0310. The SMILES string of the molecule is Cc1ccc(OCC(=O)NCc2ccc(N3CCN(C)CC3)cc2)c(C)c1. The Morgan fingerprint density at radius 1 is 1.04 bits per heavy atom. The smallest absolute Gasteiger partial charge is 0.258 e. The van der Waals surface area contributed by atoms with E-state index in [9.17, 15) is 4.79 Å². The Bertz CT molecular complexity index is 766. The standard InChI is InChI=1S/C22H29N3O2/c1-17-4-9-21(18(2)14-17)27-16-22(26)23-15-19-5-7-20(8-6-19)25-12-10-24(3)11-13-25/h4-9,14H,10-13,15-16H2,1-3H3,(H,23,26). The molecule has 2 aromatic rings. The highest BCUT2D eigenvalue weighted by atomic mass is 16.5. The van der Waals surface area contributed by atoms with Gasteiger partial charge >= 0.3 is 0 Å². The molecule has 1 aliphatic heterocycles. The molecule has 1 N–H and O–H groups in total. The van der Waals surface area contributed by atoms with Crippen LogP contribution < -0.4 is 15.0 Å². The van der Waals surface area contributed by atoms with Gasteiger partial charge in [-0.15, -0.1) is 0 Å². The van der Waals surface area contributed by atoms with Gasteiger partial charge in [-0.1, -0.05) is 29.8 Å². The number of benzene rings is 2. The molecule has 3 rings (SSSR count). The van der Waals surface area contributed by atoms with Crippen molar-refractivity contribution in [1.82, 2.24) is 10.2 Å². The van der Waals surface area contributed by atoms with Crippen LogP contribution in [0.5, 0.6) is 5.75 Å². The second kappa shape index (κ2) is 8.91. The molecule has 5 heteroatoms. The number of rotatable bonds is 6. The van der Waals surface area contributed by atoms with E-state index >= 15 is 0 Å². The van der Waals surface area contributed by atoms with Gasteiger partial charge in [-0.05, 0) is 50.2 Å². The van der Waals surface area contributed by atoms with Crippen LogP contribution in [-0.2, 0) is 11.3 Å². The van der Waals surface area contributed by atoms with Crippen LogP contribution >= 0.6 is 0 Å². The van der Waals surface area contributed by atoms with Gasteiger partial charge in [0.05, 0.1) is 0 Å². The van der Waals surface area contributed by atoms with Gasteiger partial charge in [0.1, 0.15) is 5.75 Å². The van der Waals surface area contributed by atoms with Gasteiger partial charge in [0.15, 0.2) is 6.61 Å². The van der Waals surface area contributed by atoms with E-state index in [0.29, 0.717) is 6.54 Å². The summed E-state index contributed by atoms with van der Waals surface area (Å²) in [5, 5.41) is 2.92. The second-order valence-electron chi connectivity index (χ2n) is 7.29. The van der Waals surface area contributed by atoms with E-state index in [1.807, 2.05) is 26.0 Å². The molecular formula is C22H29N3O2. The first-order chi connectivity index (χ1) is 13.0. The quantitative estimate of drug-likeness (QED) is 0.853. The van der Waals surface area contributed by atoms with Crippen LogP contribution in [0.1, 0.15) is 16.7 Å². The Balaban J connectivity index is 1.44. The summed E-state index contributed by atoms with van der Waals surface area (Å²) in [6.07, 6.45) is 0. The fourth-order valence-electron chi connectivity index (χ4n) is 3.25. The van der Waals surface area contributed by atoms with Gasteiger partial charge in [0, 0.05) is 38.4 Å². The van der Waals surface area contributed by atoms with Crippen molar-refractivity contribution in [3.8, 4) is 5.75 Å². The highest BCUT2D eigenvalue weighted by Crippen LogP contribution is 2.19. The monoisotopic (exact) mass is 367 g/mol. The van der Waals surface area contributed by atoms with E-state index in [0.717, 1.165) is 43.1 Å². The molecule has 27 heavy (non-hydrogen) atoms. The summed E-state index contributed by atoms with van der Waals surface area (Å²) in [6.45, 7) is 8.88. The fraction of sp³-hybridized carbons (Fsp3) is 0.409. The molecule has 0 unspecified atom stereocenters. The third-order valence-electron chi connectivity index (χ3n) is 4.98. The molecule has 0 spiro atoms. The Morgan fingerprint density at radius 2 is 1.74 bits per heavy atom. The maximum atomic E-state index is 12.1. The molecule has 0 atom stereocenters. The van der Waals surface area contributed by atoms with Crippen molar-refractivity contribution < 1.29 is 9.53 Å². The van der Waals surface area contributed by atoms with Crippen LogP contribution in [-0.4, -0.2) is 50.6 Å². The third-order valence-corrected chi connectivity index (χ3v) is 4.98. The van der Waals surface area contributed by atoms with Crippen LogP contribution in [0.25, 0.3) is 0 Å². The number of piperazine rings is 1. The predicted octanol–water partition coefficient (Wildman–Crippen LogP) is 2.75. The number of anilines is 1. The highest BCUT2D eigenvalue weighted by molar-refractivity contribution is 5.77. The molecule has 1 saturated heterocycles. The molecule has 0 aromatic heterocycles. The largest absolute Gasteiger partial charge is 0.484 e. The molecule has 5 nitrogen and oxygen atoms in total. The lowest BCUT2D eigenvalue weighted by atomic mass is 10.1. The van der Waals surface area contributed by atoms with Gasteiger partial charge in [0.2, 0.25) is 0 Å². The van der Waals surface area contributed by atoms with Crippen LogP contribution in [0, 0.1) is 13.8 Å². The van der Waals surface area contributed by atoms with Crippen LogP contribution in [0.15, 0.2) is 42.5 Å². The van der Waals surface area contributed by atoms with Crippen molar-refractivity contribution in [2.75, 3.05) is 44.7 Å². The molecule has 144 valence electrons. The molecule has 1 fully saturated rings. The number of likely N-dealkylation sites (N-methyl/N-ethyl adjacent to an activating group) is 1. The molecule has 0 radical (unpaired) electrons. The van der Waals surface area contributed by atoms with Crippen molar-refractivity contribution in [3.05, 3.63) is 59.2 Å². The lowest BCUT2D eigenvalue weighted by Gasteiger charge is -2.34. The summed E-state index contributed by atoms with van der Waals surface area (Å²) in [4.78, 5) is 16.8. The van der Waals surface area contributed by atoms with Crippen LogP contribution in [0.3, 0.4) is 0 Å². The van der Waals surface area contributed by atoms with Crippen LogP contribution in [0.2, 0.25) is 0 Å². The summed E-state index contributed by atoms with van der Waals surface area (Å²) < 4.78 is 5.63. The number of carbonyl (C=O) groups excluding carboxylic acids is 1. The van der Waals surface area contributed by atoms with E-state index < -0.39 is 0 Å². The molecule has 1 heterocycles. The Hall–Kier alpha value is -2.53. The van der Waals surface area contributed by atoms with Crippen molar-refractivity contribution in [2.45, 2.75) is 20.4 Å². The maximum Gasteiger partial charge on any atom is 0.258 e. The number of nitrogens with zero attached hydrogens (tertiary/aromatic N) is 2. The average Bonchev–Trinajstić information content (AvgIpc) is 2.67. The first kappa shape index (κ1) is 19.2. The van der Waals surface area contributed by atoms with E-state index in [-0.39, 0.29) is 12.5 Å². The number of aryl methyl sites for hydroxylation is 2. The van der Waals surface area contributed by atoms with Gasteiger partial charge < -0.3 is 19.9 Å². The molecule has 1 amide bonds. The predicted molar refractivity (Wildman–Crippen MR) is 109 cm³/mol. The summed E-state index contributed by atoms with van der Waals surface area (Å²) in [6, 6.07) is 14.4. The van der Waals surface area contributed by atoms with Gasteiger partial charge in [-0.2, -0.15) is 0 Å². The van der Waals surface area contributed by atoms with Gasteiger partial charge in [0.25, 0.3) is 5.91 Å². The number of nitrogens with one attached hydrogen (secondary N) is 1. The zero-order valence-corrected chi connectivity index (χ0v) is 16.5. The Morgan fingerprint density at radius 3 is 2.41 bits per heavy atom. The number of amides is 1. The first-order valence-corrected chi connectivity index (χ1v) is 9.50. The highest BCUT2D eigenvalue weighted by Gasteiger charge is 2.14. The van der Waals surface area contributed by atoms with Crippen molar-refractivity contribution >= 4 is 11.6 Å². The Labute approximate surface area is 161 Å². The summed E-state index contributed by atoms with van der Waals surface area (Å²) in [7, 11) is 2.16. The molecule has 0 saturated carbocycles. The minimum Gasteiger partial charge on any atom is -0.484 e. The number of hydrogen-bond acceptors (Lipinski definition) is 4. The van der Waals surface area contributed by atoms with Gasteiger partial charge in [-0.3, -0.25) is 4.79 Å². The zero-order valence-electron chi connectivity index (χ0n) is 16.5. The molecule has 0 aliphatic carbocycles. The number of carbonyl (C=O) groups is 1. The van der Waals surface area contributed by atoms with E-state index in [1.54, 1.807) is 0 Å². The lowest BCUT2D eigenvalue weighted by molar-refractivity contribution is -0.123. The lowest BCUT2D eigenvalue weighted by Crippen LogP contribution is -2.44. The zero-order chi connectivity index (χ0) is 19.2. The fourth-order valence-corrected chi connectivity index (χ4v) is 3.25. The first-order valence-electron chi connectivity index (χ1n) is 9.50.